The number of fused-ring (bicyclic) bond motifs is 1. The van der Waals surface area contributed by atoms with Crippen LogP contribution in [0.3, 0.4) is 0 Å². The molecule has 0 radical (unpaired) electrons. The van der Waals surface area contributed by atoms with E-state index >= 15 is 0 Å². The largest absolute Gasteiger partial charge is 0.381 e. The fourth-order valence-electron chi connectivity index (χ4n) is 3.92. The summed E-state index contributed by atoms with van der Waals surface area (Å²) < 4.78 is 31.3. The molecule has 3 aromatic rings. The summed E-state index contributed by atoms with van der Waals surface area (Å²) in [5, 5.41) is 5.79. The number of aromatic amines is 1. The van der Waals surface area contributed by atoms with Gasteiger partial charge >= 0.3 is 0 Å². The van der Waals surface area contributed by atoms with E-state index in [9.17, 15) is 8.42 Å². The molecule has 0 bridgehead atoms. The molecular weight excluding hydrogens is 366 g/mol. The smallest absolute Gasteiger partial charge is 0.177 e. The Hall–Kier alpha value is -2.26. The monoisotopic (exact) mass is 387 g/mol. The molecule has 0 spiro atoms. The van der Waals surface area contributed by atoms with Crippen molar-refractivity contribution in [1.82, 2.24) is 24.7 Å². The molecule has 0 saturated carbocycles. The van der Waals surface area contributed by atoms with Crippen LogP contribution in [-0.4, -0.2) is 57.9 Å². The Balaban J connectivity index is 1.59. The summed E-state index contributed by atoms with van der Waals surface area (Å²) >= 11 is 0. The Morgan fingerprint density at radius 1 is 1.11 bits per heavy atom. The van der Waals surface area contributed by atoms with Gasteiger partial charge in [-0.05, 0) is 37.5 Å². The molecule has 2 saturated heterocycles. The Morgan fingerprint density at radius 3 is 2.74 bits per heavy atom. The molecule has 0 amide bonds. The second-order valence-corrected chi connectivity index (χ2v) is 9.52. The number of nitrogens with zero attached hydrogens (tertiary/aromatic N) is 4. The van der Waals surface area contributed by atoms with Crippen molar-refractivity contribution in [2.75, 3.05) is 24.7 Å². The maximum atomic E-state index is 12.0. The maximum Gasteiger partial charge on any atom is 0.177 e. The van der Waals surface area contributed by atoms with Crippen molar-refractivity contribution in [3.8, 4) is 11.5 Å². The number of sulfone groups is 1. The molecule has 2 aliphatic heterocycles. The quantitative estimate of drug-likeness (QED) is 0.738. The van der Waals surface area contributed by atoms with Crippen molar-refractivity contribution in [2.45, 2.75) is 31.2 Å². The molecule has 2 fully saturated rings. The van der Waals surface area contributed by atoms with Crippen LogP contribution in [0, 0.1) is 0 Å². The van der Waals surface area contributed by atoms with Gasteiger partial charge in [-0.15, -0.1) is 0 Å². The topological polar surface area (TPSA) is 103 Å². The van der Waals surface area contributed by atoms with Gasteiger partial charge in [-0.2, -0.15) is 5.10 Å². The number of ether oxygens (including phenoxy) is 1. The number of pyridine rings is 1. The van der Waals surface area contributed by atoms with Crippen molar-refractivity contribution in [2.24, 2.45) is 0 Å². The van der Waals surface area contributed by atoms with Crippen LogP contribution in [0.5, 0.6) is 0 Å². The van der Waals surface area contributed by atoms with E-state index in [0.717, 1.165) is 29.7 Å². The molecule has 142 valence electrons. The van der Waals surface area contributed by atoms with Crippen LogP contribution in [0.25, 0.3) is 22.6 Å². The highest BCUT2D eigenvalue weighted by molar-refractivity contribution is 7.91. The molecule has 1 unspecified atom stereocenters. The first-order valence-corrected chi connectivity index (χ1v) is 11.1. The molecule has 27 heavy (non-hydrogen) atoms. The van der Waals surface area contributed by atoms with Crippen molar-refractivity contribution >= 4 is 20.9 Å². The first kappa shape index (κ1) is 16.9. The normalized spacial score (nSPS) is 23.2. The van der Waals surface area contributed by atoms with Gasteiger partial charge in [0, 0.05) is 30.7 Å². The predicted octanol–water partition coefficient (Wildman–Crippen LogP) is 2.08. The molecule has 1 atom stereocenters. The second kappa shape index (κ2) is 6.42. The van der Waals surface area contributed by atoms with Gasteiger partial charge in [0.2, 0.25) is 0 Å². The third-order valence-electron chi connectivity index (χ3n) is 5.43. The Kier molecular flexibility index (Phi) is 4.01. The highest BCUT2D eigenvalue weighted by atomic mass is 32.2. The molecule has 9 heteroatoms. The van der Waals surface area contributed by atoms with Crippen LogP contribution in [0.2, 0.25) is 0 Å². The molecule has 2 aliphatic rings. The SMILES string of the molecule is O=S1(=O)CCC(n2nc(C3CCOCC3)nc2-c2ccc3cc[nH]c3n2)C1. The molecule has 0 aliphatic carbocycles. The van der Waals surface area contributed by atoms with E-state index in [0.29, 0.717) is 31.2 Å². The van der Waals surface area contributed by atoms with Crippen molar-refractivity contribution in [3.63, 3.8) is 0 Å². The standard InChI is InChI=1S/C18H21N5O3S/c24-27(25)10-6-14(11-27)23-18(15-2-1-12-3-7-19-16(12)20-15)21-17(22-23)13-4-8-26-9-5-13/h1-3,7,13-14H,4-6,8-11H2,(H,19,20). The summed E-state index contributed by atoms with van der Waals surface area (Å²) in [6.07, 6.45) is 4.19. The van der Waals surface area contributed by atoms with Gasteiger partial charge in [-0.3, -0.25) is 0 Å². The highest BCUT2D eigenvalue weighted by Crippen LogP contribution is 2.32. The predicted molar refractivity (Wildman–Crippen MR) is 100 cm³/mol. The molecule has 5 heterocycles. The van der Waals surface area contributed by atoms with Crippen LogP contribution in [-0.2, 0) is 14.6 Å². The summed E-state index contributed by atoms with van der Waals surface area (Å²) in [6, 6.07) is 5.70. The Morgan fingerprint density at radius 2 is 1.96 bits per heavy atom. The Labute approximate surface area is 156 Å². The summed E-state index contributed by atoms with van der Waals surface area (Å²) in [5.74, 6) is 1.97. The average molecular weight is 387 g/mol. The van der Waals surface area contributed by atoms with E-state index in [-0.39, 0.29) is 23.5 Å². The first-order valence-electron chi connectivity index (χ1n) is 9.28. The first-order chi connectivity index (χ1) is 13.1. The van der Waals surface area contributed by atoms with Gasteiger partial charge < -0.3 is 9.72 Å². The van der Waals surface area contributed by atoms with Crippen molar-refractivity contribution < 1.29 is 13.2 Å². The van der Waals surface area contributed by atoms with Gasteiger partial charge in [0.05, 0.1) is 17.5 Å². The van der Waals surface area contributed by atoms with Gasteiger partial charge in [-0.25, -0.2) is 23.1 Å². The minimum atomic E-state index is -3.02. The van der Waals surface area contributed by atoms with Crippen molar-refractivity contribution in [3.05, 3.63) is 30.2 Å². The number of rotatable bonds is 3. The summed E-state index contributed by atoms with van der Waals surface area (Å²) in [5.41, 5.74) is 1.49. The highest BCUT2D eigenvalue weighted by Gasteiger charge is 2.33. The lowest BCUT2D eigenvalue weighted by atomic mass is 10.00. The molecule has 5 rings (SSSR count). The lowest BCUT2D eigenvalue weighted by Crippen LogP contribution is -2.17. The summed E-state index contributed by atoms with van der Waals surface area (Å²) in [6.45, 7) is 1.41. The van der Waals surface area contributed by atoms with Gasteiger partial charge in [0.25, 0.3) is 0 Å². The number of nitrogens with one attached hydrogen (secondary N) is 1. The van der Waals surface area contributed by atoms with E-state index < -0.39 is 9.84 Å². The molecule has 1 N–H and O–H groups in total. The van der Waals surface area contributed by atoms with Crippen LogP contribution in [0.1, 0.15) is 37.0 Å². The molecule has 8 nitrogen and oxygen atoms in total. The zero-order valence-electron chi connectivity index (χ0n) is 14.8. The van der Waals surface area contributed by atoms with Gasteiger partial charge in [0.15, 0.2) is 21.5 Å². The lowest BCUT2D eigenvalue weighted by Gasteiger charge is -2.19. The number of aromatic nitrogens is 5. The zero-order valence-corrected chi connectivity index (χ0v) is 15.7. The number of H-pyrrole nitrogens is 1. The fourth-order valence-corrected chi connectivity index (χ4v) is 5.61. The Bertz CT molecular complexity index is 1080. The minimum Gasteiger partial charge on any atom is -0.381 e. The number of hydrogen-bond acceptors (Lipinski definition) is 6. The third kappa shape index (κ3) is 3.14. The molecule has 3 aromatic heterocycles. The van der Waals surface area contributed by atoms with Crippen LogP contribution < -0.4 is 0 Å². The third-order valence-corrected chi connectivity index (χ3v) is 7.18. The molecule has 0 aromatic carbocycles. The van der Waals surface area contributed by atoms with Crippen LogP contribution in [0.15, 0.2) is 24.4 Å². The lowest BCUT2D eigenvalue weighted by molar-refractivity contribution is 0.0835. The number of hydrogen-bond donors (Lipinski definition) is 1. The van der Waals surface area contributed by atoms with E-state index in [1.807, 2.05) is 24.4 Å². The van der Waals surface area contributed by atoms with E-state index in [2.05, 4.69) is 9.97 Å². The van der Waals surface area contributed by atoms with Crippen LogP contribution in [0.4, 0.5) is 0 Å². The van der Waals surface area contributed by atoms with Gasteiger partial charge in [0.1, 0.15) is 11.3 Å². The van der Waals surface area contributed by atoms with Gasteiger partial charge in [-0.1, -0.05) is 0 Å². The average Bonchev–Trinajstić information content (AvgIpc) is 3.39. The molecular formula is C18H21N5O3S. The second-order valence-electron chi connectivity index (χ2n) is 7.29. The van der Waals surface area contributed by atoms with E-state index in [4.69, 9.17) is 14.8 Å². The maximum absolute atomic E-state index is 12.0. The fraction of sp³-hybridized carbons (Fsp3) is 0.500. The minimum absolute atomic E-state index is 0.112. The summed E-state index contributed by atoms with van der Waals surface area (Å²) in [4.78, 5) is 12.6. The zero-order chi connectivity index (χ0) is 18.4. The summed E-state index contributed by atoms with van der Waals surface area (Å²) in [7, 11) is -3.02. The van der Waals surface area contributed by atoms with E-state index in [1.54, 1.807) is 4.68 Å². The van der Waals surface area contributed by atoms with Crippen LogP contribution >= 0.6 is 0 Å². The van der Waals surface area contributed by atoms with Crippen molar-refractivity contribution in [1.29, 1.82) is 0 Å². The van der Waals surface area contributed by atoms with E-state index in [1.165, 1.54) is 0 Å².